The third-order valence-electron chi connectivity index (χ3n) is 3.12. The molecule has 5 nitrogen and oxygen atoms in total. The molecule has 0 saturated heterocycles. The van der Waals surface area contributed by atoms with Crippen molar-refractivity contribution in [3.63, 3.8) is 0 Å². The van der Waals surface area contributed by atoms with Gasteiger partial charge in [-0.05, 0) is 55.3 Å². The molecule has 0 aromatic heterocycles. The summed E-state index contributed by atoms with van der Waals surface area (Å²) >= 11 is 11.7. The van der Waals surface area contributed by atoms with E-state index in [1.165, 1.54) is 6.07 Å². The third kappa shape index (κ3) is 6.29. The number of nitrogens with one attached hydrogen (secondary N) is 1. The number of anilines is 1. The van der Waals surface area contributed by atoms with Crippen molar-refractivity contribution in [3.8, 4) is 5.75 Å². The molecule has 0 aliphatic rings. The average molecular weight is 382 g/mol. The molecule has 0 atom stereocenters. The van der Waals surface area contributed by atoms with Crippen LogP contribution in [0, 0.1) is 13.8 Å². The van der Waals surface area contributed by atoms with Gasteiger partial charge in [0.15, 0.2) is 13.2 Å². The molecule has 1 amide bonds. The lowest BCUT2D eigenvalue weighted by Crippen LogP contribution is -2.23. The van der Waals surface area contributed by atoms with Crippen LogP contribution < -0.4 is 10.1 Å². The van der Waals surface area contributed by atoms with Gasteiger partial charge in [0.05, 0.1) is 10.7 Å². The van der Waals surface area contributed by atoms with Gasteiger partial charge >= 0.3 is 5.97 Å². The number of halogens is 2. The summed E-state index contributed by atoms with van der Waals surface area (Å²) in [7, 11) is 0. The fourth-order valence-electron chi connectivity index (χ4n) is 2.12. The molecule has 0 fully saturated rings. The second-order valence-electron chi connectivity index (χ2n) is 5.45. The zero-order valence-corrected chi connectivity index (χ0v) is 15.3. The predicted octanol–water partition coefficient (Wildman–Crippen LogP) is 4.17. The molecule has 0 radical (unpaired) electrons. The summed E-state index contributed by atoms with van der Waals surface area (Å²) in [5.41, 5.74) is 2.45. The number of hydrogen-bond acceptors (Lipinski definition) is 4. The SMILES string of the molecule is Cc1cc(C)cc(OCC(=O)OCC(=O)Nc2ccc(Cl)cc2Cl)c1. The van der Waals surface area contributed by atoms with Crippen LogP contribution in [0.4, 0.5) is 5.69 Å². The van der Waals surface area contributed by atoms with Gasteiger partial charge in [-0.25, -0.2) is 4.79 Å². The van der Waals surface area contributed by atoms with Gasteiger partial charge in [-0.1, -0.05) is 29.3 Å². The van der Waals surface area contributed by atoms with E-state index in [2.05, 4.69) is 5.32 Å². The number of rotatable bonds is 6. The van der Waals surface area contributed by atoms with Crippen molar-refractivity contribution in [2.75, 3.05) is 18.5 Å². The van der Waals surface area contributed by atoms with Gasteiger partial charge in [0.25, 0.3) is 5.91 Å². The molecule has 0 spiro atoms. The van der Waals surface area contributed by atoms with E-state index in [0.29, 0.717) is 21.5 Å². The van der Waals surface area contributed by atoms with Crippen LogP contribution in [-0.2, 0) is 14.3 Å². The Morgan fingerprint density at radius 1 is 1.00 bits per heavy atom. The van der Waals surface area contributed by atoms with Crippen molar-refractivity contribution in [1.82, 2.24) is 0 Å². The quantitative estimate of drug-likeness (QED) is 0.762. The number of amides is 1. The van der Waals surface area contributed by atoms with Gasteiger partial charge in [-0.15, -0.1) is 0 Å². The number of benzene rings is 2. The minimum absolute atomic E-state index is 0.280. The molecule has 25 heavy (non-hydrogen) atoms. The highest BCUT2D eigenvalue weighted by atomic mass is 35.5. The maximum absolute atomic E-state index is 11.8. The normalized spacial score (nSPS) is 10.2. The van der Waals surface area contributed by atoms with Gasteiger partial charge in [0, 0.05) is 5.02 Å². The Labute approximate surface area is 155 Å². The van der Waals surface area contributed by atoms with E-state index in [-0.39, 0.29) is 6.61 Å². The minimum Gasteiger partial charge on any atom is -0.482 e. The molecule has 0 heterocycles. The standard InChI is InChI=1S/C18H17Cl2NO4/c1-11-5-12(2)7-14(6-11)24-10-18(23)25-9-17(22)21-16-4-3-13(19)8-15(16)20/h3-8H,9-10H2,1-2H3,(H,21,22). The van der Waals surface area contributed by atoms with Gasteiger partial charge in [-0.3, -0.25) is 4.79 Å². The molecule has 0 unspecified atom stereocenters. The smallest absolute Gasteiger partial charge is 0.344 e. The van der Waals surface area contributed by atoms with Gasteiger partial charge < -0.3 is 14.8 Å². The van der Waals surface area contributed by atoms with E-state index >= 15 is 0 Å². The molecule has 0 saturated carbocycles. The summed E-state index contributed by atoms with van der Waals surface area (Å²) in [5, 5.41) is 3.29. The van der Waals surface area contributed by atoms with Crippen LogP contribution in [0.2, 0.25) is 10.0 Å². The highest BCUT2D eigenvalue weighted by molar-refractivity contribution is 6.36. The van der Waals surface area contributed by atoms with E-state index in [1.54, 1.807) is 12.1 Å². The molecule has 2 aromatic rings. The Morgan fingerprint density at radius 2 is 1.68 bits per heavy atom. The molecule has 7 heteroatoms. The van der Waals surface area contributed by atoms with E-state index < -0.39 is 18.5 Å². The summed E-state index contributed by atoms with van der Waals surface area (Å²) in [6, 6.07) is 10.3. The summed E-state index contributed by atoms with van der Waals surface area (Å²) in [6.45, 7) is 3.15. The molecule has 2 aromatic carbocycles. The first-order valence-electron chi connectivity index (χ1n) is 7.45. The largest absolute Gasteiger partial charge is 0.482 e. The van der Waals surface area contributed by atoms with Gasteiger partial charge in [-0.2, -0.15) is 0 Å². The molecule has 0 aliphatic carbocycles. The molecule has 132 valence electrons. The summed E-state index contributed by atoms with van der Waals surface area (Å²) in [5.74, 6) is -0.577. The number of hydrogen-bond donors (Lipinski definition) is 1. The lowest BCUT2D eigenvalue weighted by molar-refractivity contribution is -0.149. The Morgan fingerprint density at radius 3 is 2.32 bits per heavy atom. The molecule has 0 aliphatic heterocycles. The molecular formula is C18H17Cl2NO4. The Balaban J connectivity index is 1.78. The molecule has 1 N–H and O–H groups in total. The lowest BCUT2D eigenvalue weighted by atomic mass is 10.1. The van der Waals surface area contributed by atoms with Gasteiger partial charge in [0.1, 0.15) is 5.75 Å². The van der Waals surface area contributed by atoms with E-state index in [1.807, 2.05) is 32.0 Å². The first kappa shape index (κ1) is 19.1. The molecule has 2 rings (SSSR count). The Kier molecular flexibility index (Phi) is 6.67. The van der Waals surface area contributed by atoms with Crippen LogP contribution in [0.3, 0.4) is 0 Å². The number of carbonyl (C=O) groups excluding carboxylic acids is 2. The Hall–Kier alpha value is -2.24. The van der Waals surface area contributed by atoms with E-state index in [9.17, 15) is 9.59 Å². The average Bonchev–Trinajstić information content (AvgIpc) is 2.53. The van der Waals surface area contributed by atoms with Crippen LogP contribution in [0.15, 0.2) is 36.4 Å². The molecular weight excluding hydrogens is 365 g/mol. The zero-order chi connectivity index (χ0) is 18.4. The third-order valence-corrected chi connectivity index (χ3v) is 3.67. The van der Waals surface area contributed by atoms with Crippen LogP contribution in [0.25, 0.3) is 0 Å². The number of ether oxygens (including phenoxy) is 2. The number of carbonyl (C=O) groups is 2. The predicted molar refractivity (Wildman–Crippen MR) is 97.5 cm³/mol. The topological polar surface area (TPSA) is 64.6 Å². The minimum atomic E-state index is -0.642. The van der Waals surface area contributed by atoms with Crippen LogP contribution in [-0.4, -0.2) is 25.1 Å². The monoisotopic (exact) mass is 381 g/mol. The summed E-state index contributed by atoms with van der Waals surface area (Å²) in [4.78, 5) is 23.5. The van der Waals surface area contributed by atoms with Crippen molar-refractivity contribution in [2.24, 2.45) is 0 Å². The highest BCUT2D eigenvalue weighted by Gasteiger charge is 2.11. The fourth-order valence-corrected chi connectivity index (χ4v) is 2.58. The first-order chi connectivity index (χ1) is 11.8. The van der Waals surface area contributed by atoms with Crippen molar-refractivity contribution >= 4 is 40.8 Å². The summed E-state index contributed by atoms with van der Waals surface area (Å²) < 4.78 is 10.2. The van der Waals surface area contributed by atoms with E-state index in [4.69, 9.17) is 32.7 Å². The lowest BCUT2D eigenvalue weighted by Gasteiger charge is -2.10. The highest BCUT2D eigenvalue weighted by Crippen LogP contribution is 2.25. The van der Waals surface area contributed by atoms with Crippen molar-refractivity contribution in [1.29, 1.82) is 0 Å². The van der Waals surface area contributed by atoms with Crippen molar-refractivity contribution < 1.29 is 19.1 Å². The Bertz CT molecular complexity index is 772. The maximum atomic E-state index is 11.8. The second-order valence-corrected chi connectivity index (χ2v) is 6.29. The van der Waals surface area contributed by atoms with Crippen LogP contribution in [0.1, 0.15) is 11.1 Å². The van der Waals surface area contributed by atoms with E-state index in [0.717, 1.165) is 11.1 Å². The van der Waals surface area contributed by atoms with Crippen molar-refractivity contribution in [3.05, 3.63) is 57.6 Å². The maximum Gasteiger partial charge on any atom is 0.344 e. The van der Waals surface area contributed by atoms with Crippen LogP contribution >= 0.6 is 23.2 Å². The number of aryl methyl sites for hydroxylation is 2. The summed E-state index contributed by atoms with van der Waals surface area (Å²) in [6.07, 6.45) is 0. The molecule has 0 bridgehead atoms. The van der Waals surface area contributed by atoms with Gasteiger partial charge in [0.2, 0.25) is 0 Å². The first-order valence-corrected chi connectivity index (χ1v) is 8.20. The van der Waals surface area contributed by atoms with Crippen molar-refractivity contribution in [2.45, 2.75) is 13.8 Å². The van der Waals surface area contributed by atoms with Crippen LogP contribution in [0.5, 0.6) is 5.75 Å². The number of esters is 1. The fraction of sp³-hybridized carbons (Fsp3) is 0.222. The second kappa shape index (κ2) is 8.74. The zero-order valence-electron chi connectivity index (χ0n) is 13.8.